The molecule has 1 aliphatic rings. The highest BCUT2D eigenvalue weighted by molar-refractivity contribution is 8.01. The maximum atomic E-state index is 12.1. The SMILES string of the molecule is COc1ccc(CNC(=O)COC(=O)C[C@@H]2Sc3ccccc3NC2=O)cc1. The van der Waals surface area contributed by atoms with Gasteiger partial charge < -0.3 is 20.1 Å². The number of rotatable bonds is 7. The number of methoxy groups -OCH3 is 1. The Kier molecular flexibility index (Phi) is 6.54. The van der Waals surface area contributed by atoms with Crippen molar-refractivity contribution in [3.63, 3.8) is 0 Å². The number of ether oxygens (including phenoxy) is 2. The molecule has 8 heteroatoms. The summed E-state index contributed by atoms with van der Waals surface area (Å²) >= 11 is 1.31. The number of hydrogen-bond acceptors (Lipinski definition) is 6. The van der Waals surface area contributed by atoms with Gasteiger partial charge in [-0.05, 0) is 29.8 Å². The molecule has 0 spiro atoms. The zero-order valence-corrected chi connectivity index (χ0v) is 16.1. The molecule has 1 aliphatic heterocycles. The molecule has 0 fully saturated rings. The molecule has 2 aromatic carbocycles. The Morgan fingerprint density at radius 1 is 1.14 bits per heavy atom. The molecule has 7 nitrogen and oxygen atoms in total. The van der Waals surface area contributed by atoms with Gasteiger partial charge in [-0.2, -0.15) is 0 Å². The van der Waals surface area contributed by atoms with Crippen molar-refractivity contribution < 1.29 is 23.9 Å². The summed E-state index contributed by atoms with van der Waals surface area (Å²) in [7, 11) is 1.58. The number of nitrogens with one attached hydrogen (secondary N) is 2. The molecule has 0 aliphatic carbocycles. The molecule has 2 aromatic rings. The van der Waals surface area contributed by atoms with Crippen LogP contribution in [0.15, 0.2) is 53.4 Å². The van der Waals surface area contributed by atoms with E-state index in [9.17, 15) is 14.4 Å². The largest absolute Gasteiger partial charge is 0.497 e. The van der Waals surface area contributed by atoms with Crippen LogP contribution in [0.3, 0.4) is 0 Å². The molecule has 3 rings (SSSR count). The Bertz CT molecular complexity index is 869. The Labute approximate surface area is 166 Å². The summed E-state index contributed by atoms with van der Waals surface area (Å²) in [5, 5.41) is 4.87. The van der Waals surface area contributed by atoms with Crippen LogP contribution in [0.1, 0.15) is 12.0 Å². The first-order valence-corrected chi connectivity index (χ1v) is 9.55. The van der Waals surface area contributed by atoms with Crippen LogP contribution in [0, 0.1) is 0 Å². The van der Waals surface area contributed by atoms with Crippen LogP contribution in [0.4, 0.5) is 5.69 Å². The third-order valence-corrected chi connectivity index (χ3v) is 5.35. The first-order chi connectivity index (χ1) is 13.5. The van der Waals surface area contributed by atoms with Gasteiger partial charge in [-0.3, -0.25) is 14.4 Å². The standard InChI is InChI=1S/C20H20N2O5S/c1-26-14-8-6-13(7-9-14)11-21-18(23)12-27-19(24)10-17-20(25)22-15-4-2-3-5-16(15)28-17/h2-9,17H,10-12H2,1H3,(H,21,23)(H,22,25)/t17-/m0/s1. The van der Waals surface area contributed by atoms with Crippen LogP contribution >= 0.6 is 11.8 Å². The number of thioether (sulfide) groups is 1. The number of carbonyl (C=O) groups is 3. The average Bonchev–Trinajstić information content (AvgIpc) is 2.71. The molecule has 1 atom stereocenters. The monoisotopic (exact) mass is 400 g/mol. The molecule has 1 heterocycles. The Hall–Kier alpha value is -3.00. The van der Waals surface area contributed by atoms with E-state index >= 15 is 0 Å². The lowest BCUT2D eigenvalue weighted by atomic mass is 10.2. The number of fused-ring (bicyclic) bond motifs is 1. The molecule has 0 saturated heterocycles. The molecular weight excluding hydrogens is 380 g/mol. The lowest BCUT2D eigenvalue weighted by Crippen LogP contribution is -2.33. The summed E-state index contributed by atoms with van der Waals surface area (Å²) in [4.78, 5) is 36.9. The lowest BCUT2D eigenvalue weighted by Gasteiger charge is -2.23. The van der Waals surface area contributed by atoms with Crippen LogP contribution in [-0.2, 0) is 25.7 Å². The minimum atomic E-state index is -0.591. The third-order valence-electron chi connectivity index (χ3n) is 4.07. The second-order valence-corrected chi connectivity index (χ2v) is 7.33. The molecular formula is C20H20N2O5S. The van der Waals surface area contributed by atoms with E-state index in [1.807, 2.05) is 36.4 Å². The van der Waals surface area contributed by atoms with Gasteiger partial charge in [0.05, 0.1) is 24.5 Å². The van der Waals surface area contributed by atoms with Crippen LogP contribution < -0.4 is 15.4 Å². The highest BCUT2D eigenvalue weighted by atomic mass is 32.2. The van der Waals surface area contributed by atoms with Gasteiger partial charge in [0.15, 0.2) is 6.61 Å². The Balaban J connectivity index is 1.41. The van der Waals surface area contributed by atoms with Crippen LogP contribution in [-0.4, -0.2) is 36.8 Å². The number of esters is 1. The molecule has 146 valence electrons. The van der Waals surface area contributed by atoms with E-state index in [4.69, 9.17) is 9.47 Å². The van der Waals surface area contributed by atoms with E-state index in [2.05, 4.69) is 10.6 Å². The van der Waals surface area contributed by atoms with Crippen LogP contribution in [0.2, 0.25) is 0 Å². The van der Waals surface area contributed by atoms with Gasteiger partial charge in [0.2, 0.25) is 5.91 Å². The van der Waals surface area contributed by atoms with Crippen molar-refractivity contribution in [2.45, 2.75) is 23.1 Å². The lowest BCUT2D eigenvalue weighted by molar-refractivity contribution is -0.149. The summed E-state index contributed by atoms with van der Waals surface area (Å²) in [6, 6.07) is 14.7. The summed E-state index contributed by atoms with van der Waals surface area (Å²) < 4.78 is 10.1. The van der Waals surface area contributed by atoms with Gasteiger partial charge in [-0.25, -0.2) is 0 Å². The molecule has 0 bridgehead atoms. The summed E-state index contributed by atoms with van der Waals surface area (Å²) in [5.41, 5.74) is 1.63. The molecule has 0 unspecified atom stereocenters. The topological polar surface area (TPSA) is 93.7 Å². The number of para-hydroxylation sites is 1. The van der Waals surface area contributed by atoms with E-state index < -0.39 is 17.1 Å². The van der Waals surface area contributed by atoms with Gasteiger partial charge in [-0.15, -0.1) is 11.8 Å². The van der Waals surface area contributed by atoms with Crippen molar-refractivity contribution in [2.75, 3.05) is 19.0 Å². The summed E-state index contributed by atoms with van der Waals surface area (Å²) in [6.07, 6.45) is -0.101. The van der Waals surface area contributed by atoms with Crippen LogP contribution in [0.5, 0.6) is 5.75 Å². The number of carbonyl (C=O) groups excluding carboxylic acids is 3. The van der Waals surface area contributed by atoms with Gasteiger partial charge in [0.1, 0.15) is 5.75 Å². The van der Waals surface area contributed by atoms with E-state index in [1.165, 1.54) is 11.8 Å². The number of hydrogen-bond donors (Lipinski definition) is 2. The third kappa shape index (κ3) is 5.26. The fraction of sp³-hybridized carbons (Fsp3) is 0.250. The molecule has 0 saturated carbocycles. The maximum absolute atomic E-state index is 12.1. The predicted molar refractivity (Wildman–Crippen MR) is 105 cm³/mol. The second-order valence-electron chi connectivity index (χ2n) is 6.08. The summed E-state index contributed by atoms with van der Waals surface area (Å²) in [6.45, 7) is -0.0668. The van der Waals surface area contributed by atoms with E-state index in [0.717, 1.165) is 21.9 Å². The first-order valence-electron chi connectivity index (χ1n) is 8.67. The fourth-order valence-corrected chi connectivity index (χ4v) is 3.67. The van der Waals surface area contributed by atoms with Gasteiger partial charge in [0.25, 0.3) is 5.91 Å². The molecule has 2 N–H and O–H groups in total. The molecule has 28 heavy (non-hydrogen) atoms. The number of anilines is 1. The van der Waals surface area contributed by atoms with E-state index in [-0.39, 0.29) is 18.9 Å². The number of amides is 2. The van der Waals surface area contributed by atoms with Crippen molar-refractivity contribution in [3.8, 4) is 5.75 Å². The van der Waals surface area contributed by atoms with Crippen molar-refractivity contribution in [3.05, 3.63) is 54.1 Å². The summed E-state index contributed by atoms with van der Waals surface area (Å²) in [5.74, 6) is -0.511. The van der Waals surface area contributed by atoms with E-state index in [1.54, 1.807) is 19.2 Å². The highest BCUT2D eigenvalue weighted by Gasteiger charge is 2.29. The Morgan fingerprint density at radius 2 is 1.89 bits per heavy atom. The predicted octanol–water partition coefficient (Wildman–Crippen LogP) is 2.36. The van der Waals surface area contributed by atoms with E-state index in [0.29, 0.717) is 6.54 Å². The Morgan fingerprint density at radius 3 is 2.64 bits per heavy atom. The molecule has 0 radical (unpaired) electrons. The normalized spacial score (nSPS) is 15.2. The minimum absolute atomic E-state index is 0.101. The number of benzene rings is 2. The quantitative estimate of drug-likeness (QED) is 0.693. The molecule has 0 aromatic heterocycles. The van der Waals surface area contributed by atoms with Crippen molar-refractivity contribution in [1.82, 2.24) is 5.32 Å². The van der Waals surface area contributed by atoms with Crippen molar-refractivity contribution >= 4 is 35.2 Å². The van der Waals surface area contributed by atoms with Crippen LogP contribution in [0.25, 0.3) is 0 Å². The second kappa shape index (κ2) is 9.27. The zero-order valence-electron chi connectivity index (χ0n) is 15.3. The maximum Gasteiger partial charge on any atom is 0.307 e. The highest BCUT2D eigenvalue weighted by Crippen LogP contribution is 2.36. The smallest absolute Gasteiger partial charge is 0.307 e. The van der Waals surface area contributed by atoms with Gasteiger partial charge in [-0.1, -0.05) is 24.3 Å². The zero-order chi connectivity index (χ0) is 19.9. The minimum Gasteiger partial charge on any atom is -0.497 e. The van der Waals surface area contributed by atoms with Gasteiger partial charge in [0, 0.05) is 11.4 Å². The average molecular weight is 400 g/mol. The fourth-order valence-electron chi connectivity index (χ4n) is 2.58. The van der Waals surface area contributed by atoms with Gasteiger partial charge >= 0.3 is 5.97 Å². The van der Waals surface area contributed by atoms with Crippen molar-refractivity contribution in [2.24, 2.45) is 0 Å². The first kappa shape index (κ1) is 19.8. The molecule has 2 amide bonds. The van der Waals surface area contributed by atoms with Crippen molar-refractivity contribution in [1.29, 1.82) is 0 Å².